The van der Waals surface area contributed by atoms with Crippen molar-refractivity contribution in [1.29, 1.82) is 0 Å². The molecule has 2 N–H and O–H groups in total. The van der Waals surface area contributed by atoms with E-state index in [4.69, 9.17) is 30.9 Å². The van der Waals surface area contributed by atoms with Gasteiger partial charge in [-0.2, -0.15) is 0 Å². The van der Waals surface area contributed by atoms with Gasteiger partial charge in [-0.05, 0) is 70.6 Å². The molecule has 0 aliphatic heterocycles. The molecule has 0 fully saturated rings. The largest absolute Gasteiger partial charge is 0.507 e. The third-order valence-corrected chi connectivity index (χ3v) is 6.63. The van der Waals surface area contributed by atoms with Crippen LogP contribution in [0.1, 0.15) is 104 Å². The number of unbranched alkanes of at least 4 members (excludes halogenated alkanes) is 2. The number of halogens is 1. The molecule has 0 aliphatic carbocycles. The van der Waals surface area contributed by atoms with Crippen LogP contribution in [0.15, 0.2) is 18.2 Å². The minimum absolute atomic E-state index is 0.0265. The average molecular weight is 577 g/mol. The molecule has 220 valence electrons. The highest BCUT2D eigenvalue weighted by molar-refractivity contribution is 6.32. The van der Waals surface area contributed by atoms with Crippen molar-refractivity contribution in [2.75, 3.05) is 19.8 Å². The number of carbonyl (C=O) groups is 3. The highest BCUT2D eigenvalue weighted by Gasteiger charge is 2.20. The fraction of sp³-hybridized carbons (Fsp3) is 0.516. The molecule has 2 rings (SSSR count). The number of phenolic OH excluding ortho intramolecular Hbond substituents is 1. The zero-order chi connectivity index (χ0) is 29.7. The van der Waals surface area contributed by atoms with Crippen LogP contribution in [-0.4, -0.2) is 47.6 Å². The SMILES string of the molecule is CCCc1c(O)c(C(C)=O)cc(Cl)c1OCCCCCOc1c(C(C)=O)ccc(OCCCC(=O)O)c1CCC. The maximum atomic E-state index is 12.3. The van der Waals surface area contributed by atoms with Crippen molar-refractivity contribution in [3.05, 3.63) is 45.5 Å². The predicted octanol–water partition coefficient (Wildman–Crippen LogP) is 7.23. The van der Waals surface area contributed by atoms with Crippen LogP contribution in [0.3, 0.4) is 0 Å². The van der Waals surface area contributed by atoms with Crippen LogP contribution >= 0.6 is 11.6 Å². The quantitative estimate of drug-likeness (QED) is 0.133. The van der Waals surface area contributed by atoms with Crippen LogP contribution in [-0.2, 0) is 17.6 Å². The summed E-state index contributed by atoms with van der Waals surface area (Å²) in [4.78, 5) is 35.0. The van der Waals surface area contributed by atoms with E-state index < -0.39 is 5.97 Å². The van der Waals surface area contributed by atoms with Crippen LogP contribution in [0.2, 0.25) is 5.02 Å². The molecule has 0 heterocycles. The molecule has 0 amide bonds. The van der Waals surface area contributed by atoms with Gasteiger partial charge in [0.05, 0.1) is 36.0 Å². The number of carbonyl (C=O) groups excluding carboxylic acids is 2. The first-order valence-electron chi connectivity index (χ1n) is 13.9. The second kappa shape index (κ2) is 16.8. The van der Waals surface area contributed by atoms with Crippen molar-refractivity contribution in [3.63, 3.8) is 0 Å². The second-order valence-corrected chi connectivity index (χ2v) is 10.1. The van der Waals surface area contributed by atoms with Gasteiger partial charge in [0.15, 0.2) is 11.6 Å². The summed E-state index contributed by atoms with van der Waals surface area (Å²) in [5.41, 5.74) is 2.06. The van der Waals surface area contributed by atoms with Gasteiger partial charge in [0.2, 0.25) is 0 Å². The Hall–Kier alpha value is -3.26. The molecule has 40 heavy (non-hydrogen) atoms. The Morgan fingerprint density at radius 2 is 1.35 bits per heavy atom. The van der Waals surface area contributed by atoms with E-state index in [1.54, 1.807) is 12.1 Å². The lowest BCUT2D eigenvalue weighted by molar-refractivity contribution is -0.137. The number of Topliss-reactive ketones (excluding diaryl/α,β-unsaturated/α-hetero) is 2. The van der Waals surface area contributed by atoms with E-state index in [0.717, 1.165) is 31.2 Å². The van der Waals surface area contributed by atoms with Gasteiger partial charge in [-0.1, -0.05) is 38.3 Å². The van der Waals surface area contributed by atoms with Gasteiger partial charge >= 0.3 is 5.97 Å². The Labute approximate surface area is 241 Å². The molecule has 0 saturated heterocycles. The summed E-state index contributed by atoms with van der Waals surface area (Å²) in [5, 5.41) is 19.7. The van der Waals surface area contributed by atoms with Gasteiger partial charge in [0, 0.05) is 17.5 Å². The first-order chi connectivity index (χ1) is 19.1. The van der Waals surface area contributed by atoms with Crippen LogP contribution in [0, 0.1) is 0 Å². The van der Waals surface area contributed by atoms with Gasteiger partial charge in [-0.15, -0.1) is 0 Å². The fourth-order valence-electron chi connectivity index (χ4n) is 4.39. The molecule has 2 aromatic rings. The number of hydrogen-bond donors (Lipinski definition) is 2. The number of hydrogen-bond acceptors (Lipinski definition) is 7. The number of carboxylic acids is 1. The molecule has 0 saturated carbocycles. The molecule has 0 bridgehead atoms. The Balaban J connectivity index is 2.00. The number of ether oxygens (including phenoxy) is 3. The number of ketones is 2. The third kappa shape index (κ3) is 9.44. The number of aliphatic carboxylic acids is 1. The molecule has 0 aromatic heterocycles. The maximum Gasteiger partial charge on any atom is 0.303 e. The van der Waals surface area contributed by atoms with E-state index in [1.807, 2.05) is 13.8 Å². The van der Waals surface area contributed by atoms with E-state index in [9.17, 15) is 19.5 Å². The normalized spacial score (nSPS) is 10.8. The molecular weight excluding hydrogens is 536 g/mol. The lowest BCUT2D eigenvalue weighted by Gasteiger charge is -2.19. The molecule has 0 spiro atoms. The summed E-state index contributed by atoms with van der Waals surface area (Å²) in [6, 6.07) is 4.90. The summed E-state index contributed by atoms with van der Waals surface area (Å²) in [6.45, 7) is 7.94. The zero-order valence-electron chi connectivity index (χ0n) is 23.9. The highest BCUT2D eigenvalue weighted by atomic mass is 35.5. The number of benzene rings is 2. The summed E-state index contributed by atoms with van der Waals surface area (Å²) < 4.78 is 17.9. The van der Waals surface area contributed by atoms with Crippen molar-refractivity contribution in [3.8, 4) is 23.0 Å². The van der Waals surface area contributed by atoms with Gasteiger partial charge in [0.25, 0.3) is 0 Å². The minimum Gasteiger partial charge on any atom is -0.507 e. The lowest BCUT2D eigenvalue weighted by atomic mass is 10.0. The monoisotopic (exact) mass is 576 g/mol. The molecular formula is C31H41ClO8. The lowest BCUT2D eigenvalue weighted by Crippen LogP contribution is -2.10. The number of phenols is 1. The molecule has 0 radical (unpaired) electrons. The Morgan fingerprint density at radius 3 is 1.93 bits per heavy atom. The topological polar surface area (TPSA) is 119 Å². The van der Waals surface area contributed by atoms with Crippen LogP contribution in [0.4, 0.5) is 0 Å². The Morgan fingerprint density at radius 1 is 0.775 bits per heavy atom. The number of aromatic hydroxyl groups is 1. The fourth-order valence-corrected chi connectivity index (χ4v) is 4.67. The molecule has 9 heteroatoms. The van der Waals surface area contributed by atoms with Gasteiger partial charge in [-0.25, -0.2) is 0 Å². The molecule has 0 unspecified atom stereocenters. The second-order valence-electron chi connectivity index (χ2n) is 9.70. The first-order valence-corrected chi connectivity index (χ1v) is 14.3. The standard InChI is InChI=1S/C31H41ClO8/c1-5-11-23-27(38-18-10-13-28(35)36)15-14-22(20(3)33)30(23)39-16-8-7-9-17-40-31-24(12-6-2)29(37)25(21(4)34)19-26(31)32/h14-15,19,37H,5-13,16-18H2,1-4H3,(H,35,36). The average Bonchev–Trinajstić information content (AvgIpc) is 2.90. The van der Waals surface area contributed by atoms with E-state index in [0.29, 0.717) is 72.3 Å². The zero-order valence-corrected chi connectivity index (χ0v) is 24.7. The smallest absolute Gasteiger partial charge is 0.303 e. The van der Waals surface area contributed by atoms with Crippen molar-refractivity contribution in [2.45, 2.75) is 85.5 Å². The maximum absolute atomic E-state index is 12.3. The van der Waals surface area contributed by atoms with Gasteiger partial charge in [0.1, 0.15) is 23.0 Å². The summed E-state index contributed by atoms with van der Waals surface area (Å²) in [7, 11) is 0. The van der Waals surface area contributed by atoms with E-state index >= 15 is 0 Å². The predicted molar refractivity (Wildman–Crippen MR) is 155 cm³/mol. The number of carboxylic acid groups (broad SMARTS) is 1. The summed E-state index contributed by atoms with van der Waals surface area (Å²) in [6.07, 6.45) is 5.43. The number of rotatable bonds is 19. The molecule has 0 atom stereocenters. The molecule has 0 aliphatic rings. The van der Waals surface area contributed by atoms with Crippen molar-refractivity contribution in [1.82, 2.24) is 0 Å². The van der Waals surface area contributed by atoms with Crippen molar-refractivity contribution in [2.24, 2.45) is 0 Å². The first kappa shape index (κ1) is 32.9. The van der Waals surface area contributed by atoms with Gasteiger partial charge in [-0.3, -0.25) is 14.4 Å². The summed E-state index contributed by atoms with van der Waals surface area (Å²) >= 11 is 6.39. The Bertz CT molecular complexity index is 1170. The summed E-state index contributed by atoms with van der Waals surface area (Å²) in [5.74, 6) is 0.257. The molecule has 2 aromatic carbocycles. The van der Waals surface area contributed by atoms with Crippen molar-refractivity contribution >= 4 is 29.1 Å². The van der Waals surface area contributed by atoms with E-state index in [2.05, 4.69) is 0 Å². The van der Waals surface area contributed by atoms with Crippen LogP contribution < -0.4 is 14.2 Å². The van der Waals surface area contributed by atoms with E-state index in [-0.39, 0.29) is 35.9 Å². The van der Waals surface area contributed by atoms with Crippen LogP contribution in [0.5, 0.6) is 23.0 Å². The Kier molecular flexibility index (Phi) is 13.8. The molecule has 8 nitrogen and oxygen atoms in total. The van der Waals surface area contributed by atoms with E-state index in [1.165, 1.54) is 19.9 Å². The van der Waals surface area contributed by atoms with Crippen LogP contribution in [0.25, 0.3) is 0 Å². The minimum atomic E-state index is -0.868. The highest BCUT2D eigenvalue weighted by Crippen LogP contribution is 2.39. The third-order valence-electron chi connectivity index (χ3n) is 6.35. The van der Waals surface area contributed by atoms with Gasteiger partial charge < -0.3 is 24.4 Å². The van der Waals surface area contributed by atoms with Crippen molar-refractivity contribution < 1.29 is 38.8 Å².